The molecule has 11 aromatic rings. The van der Waals surface area contributed by atoms with Crippen molar-refractivity contribution in [2.45, 2.75) is 0 Å². The fourth-order valence-corrected chi connectivity index (χ4v) is 8.48. The minimum absolute atomic E-state index is 0.995. The van der Waals surface area contributed by atoms with Gasteiger partial charge in [0, 0.05) is 11.8 Å². The van der Waals surface area contributed by atoms with Crippen molar-refractivity contribution >= 4 is 53.9 Å². The summed E-state index contributed by atoms with van der Waals surface area (Å²) in [7, 11) is 0. The predicted molar refractivity (Wildman–Crippen MR) is 239 cm³/mol. The molecule has 1 heterocycles. The van der Waals surface area contributed by atoms with E-state index in [-0.39, 0.29) is 0 Å². The number of hydrogen-bond acceptors (Lipinski definition) is 1. The number of nitrogens with zero attached hydrogens (tertiary/aromatic N) is 1. The van der Waals surface area contributed by atoms with E-state index in [0.717, 1.165) is 11.3 Å². The molecule has 0 bridgehead atoms. The predicted octanol–water partition coefficient (Wildman–Crippen LogP) is 15.2. The largest absolute Gasteiger partial charge is 0.256 e. The molecule has 0 aliphatic carbocycles. The SMILES string of the molecule is c1ccc(-c2cc3ccccc3cc2-c2ccc3c(ccc4cc(-c5ccc6cc(-c7ccc8cc(-c9ccccn9)ccc8c7)ccc6c5)ccc43)c2)cc1. The molecule has 1 nitrogen and oxygen atoms in total. The molecule has 0 unspecified atom stereocenters. The van der Waals surface area contributed by atoms with Crippen LogP contribution in [0.1, 0.15) is 0 Å². The quantitative estimate of drug-likeness (QED) is 0.162. The summed E-state index contributed by atoms with van der Waals surface area (Å²) in [4.78, 5) is 4.53. The molecule has 10 aromatic carbocycles. The molecule has 0 saturated carbocycles. The van der Waals surface area contributed by atoms with Crippen LogP contribution in [0.2, 0.25) is 0 Å². The van der Waals surface area contributed by atoms with Crippen LogP contribution in [0, 0.1) is 0 Å². The van der Waals surface area contributed by atoms with E-state index in [1.165, 1.54) is 98.4 Å². The van der Waals surface area contributed by atoms with E-state index in [2.05, 4.69) is 199 Å². The molecule has 0 radical (unpaired) electrons. The van der Waals surface area contributed by atoms with Crippen molar-refractivity contribution in [3.8, 4) is 55.8 Å². The molecule has 260 valence electrons. The minimum atomic E-state index is 0.995. The maximum atomic E-state index is 4.53. The van der Waals surface area contributed by atoms with Crippen LogP contribution in [0.25, 0.3) is 110 Å². The van der Waals surface area contributed by atoms with E-state index in [1.807, 2.05) is 18.3 Å². The first-order chi connectivity index (χ1) is 27.7. The fraction of sp³-hybridized carbons (Fsp3) is 0. The van der Waals surface area contributed by atoms with Crippen LogP contribution in [0.3, 0.4) is 0 Å². The number of benzene rings is 10. The first kappa shape index (κ1) is 32.1. The molecule has 0 aliphatic rings. The smallest absolute Gasteiger partial charge is 0.0702 e. The van der Waals surface area contributed by atoms with Crippen molar-refractivity contribution in [1.82, 2.24) is 4.98 Å². The van der Waals surface area contributed by atoms with Crippen LogP contribution in [-0.4, -0.2) is 4.98 Å². The number of hydrogen-bond donors (Lipinski definition) is 0. The minimum Gasteiger partial charge on any atom is -0.256 e. The molecule has 0 aliphatic heterocycles. The molecule has 0 spiro atoms. The molecule has 0 saturated heterocycles. The summed E-state index contributed by atoms with van der Waals surface area (Å²) < 4.78 is 0. The van der Waals surface area contributed by atoms with Gasteiger partial charge in [-0.05, 0) is 159 Å². The van der Waals surface area contributed by atoms with Crippen LogP contribution >= 0.6 is 0 Å². The Kier molecular flexibility index (Phi) is 7.57. The zero-order valence-electron chi connectivity index (χ0n) is 30.7. The van der Waals surface area contributed by atoms with Crippen molar-refractivity contribution < 1.29 is 0 Å². The van der Waals surface area contributed by atoms with E-state index >= 15 is 0 Å². The van der Waals surface area contributed by atoms with Gasteiger partial charge in [0.1, 0.15) is 0 Å². The third kappa shape index (κ3) is 5.70. The van der Waals surface area contributed by atoms with Gasteiger partial charge in [-0.25, -0.2) is 0 Å². The van der Waals surface area contributed by atoms with Crippen LogP contribution in [0.15, 0.2) is 212 Å². The van der Waals surface area contributed by atoms with E-state index in [1.54, 1.807) is 0 Å². The summed E-state index contributed by atoms with van der Waals surface area (Å²) in [6.07, 6.45) is 1.85. The number of aromatic nitrogens is 1. The van der Waals surface area contributed by atoms with Gasteiger partial charge in [0.15, 0.2) is 0 Å². The maximum absolute atomic E-state index is 4.53. The monoisotopic (exact) mass is 709 g/mol. The lowest BCUT2D eigenvalue weighted by molar-refractivity contribution is 1.33. The first-order valence-corrected chi connectivity index (χ1v) is 19.3. The van der Waals surface area contributed by atoms with Gasteiger partial charge < -0.3 is 0 Å². The highest BCUT2D eigenvalue weighted by Gasteiger charge is 2.12. The fourth-order valence-electron chi connectivity index (χ4n) is 8.48. The van der Waals surface area contributed by atoms with E-state index in [4.69, 9.17) is 0 Å². The molecule has 11 rings (SSSR count). The summed E-state index contributed by atoms with van der Waals surface area (Å²) in [5.41, 5.74) is 12.0. The molecule has 0 fully saturated rings. The van der Waals surface area contributed by atoms with E-state index in [9.17, 15) is 0 Å². The van der Waals surface area contributed by atoms with Gasteiger partial charge in [-0.15, -0.1) is 0 Å². The van der Waals surface area contributed by atoms with E-state index < -0.39 is 0 Å². The number of fused-ring (bicyclic) bond motifs is 6. The van der Waals surface area contributed by atoms with Gasteiger partial charge in [0.2, 0.25) is 0 Å². The van der Waals surface area contributed by atoms with Crippen LogP contribution in [0.4, 0.5) is 0 Å². The standard InChI is InChI=1S/C55H35N/c1-2-8-36(9-3-1)53-34-37-10-4-5-11-38(37)35-54(53)49-24-26-52-48(33-49)21-20-47-31-46(23-25-51(47)52)43-16-15-40-28-39(13-14-41(40)29-43)42-17-18-45-32-50(22-19-44(45)30-42)55-12-6-7-27-56-55/h1-35H. The molecule has 0 N–H and O–H groups in total. The Labute approximate surface area is 325 Å². The Morgan fingerprint density at radius 3 is 1.18 bits per heavy atom. The van der Waals surface area contributed by atoms with Gasteiger partial charge in [0.25, 0.3) is 0 Å². The summed E-state index contributed by atoms with van der Waals surface area (Å²) >= 11 is 0. The lowest BCUT2D eigenvalue weighted by Crippen LogP contribution is -1.88. The zero-order chi connectivity index (χ0) is 37.0. The highest BCUT2D eigenvalue weighted by Crippen LogP contribution is 2.39. The number of rotatable bonds is 5. The second-order valence-electron chi connectivity index (χ2n) is 14.8. The molecule has 0 atom stereocenters. The third-order valence-electron chi connectivity index (χ3n) is 11.4. The Balaban J connectivity index is 0.903. The second kappa shape index (κ2) is 13.2. The lowest BCUT2D eigenvalue weighted by Gasteiger charge is -2.14. The topological polar surface area (TPSA) is 12.9 Å². The van der Waals surface area contributed by atoms with Gasteiger partial charge in [-0.2, -0.15) is 0 Å². The highest BCUT2D eigenvalue weighted by molar-refractivity contribution is 6.10. The van der Waals surface area contributed by atoms with Gasteiger partial charge in [-0.1, -0.05) is 146 Å². The highest BCUT2D eigenvalue weighted by atomic mass is 14.7. The summed E-state index contributed by atoms with van der Waals surface area (Å²) in [6, 6.07) is 75.5. The van der Waals surface area contributed by atoms with Crippen molar-refractivity contribution in [3.05, 3.63) is 212 Å². The maximum Gasteiger partial charge on any atom is 0.0702 e. The summed E-state index contributed by atoms with van der Waals surface area (Å²) in [6.45, 7) is 0. The number of pyridine rings is 1. The summed E-state index contributed by atoms with van der Waals surface area (Å²) in [5, 5.41) is 12.5. The average Bonchev–Trinajstić information content (AvgIpc) is 3.28. The van der Waals surface area contributed by atoms with Crippen molar-refractivity contribution in [1.29, 1.82) is 0 Å². The van der Waals surface area contributed by atoms with Crippen LogP contribution in [-0.2, 0) is 0 Å². The van der Waals surface area contributed by atoms with Crippen LogP contribution in [0.5, 0.6) is 0 Å². The Bertz CT molecular complexity index is 3290. The Hall–Kier alpha value is -7.35. The summed E-state index contributed by atoms with van der Waals surface area (Å²) in [5.74, 6) is 0. The van der Waals surface area contributed by atoms with Crippen LogP contribution < -0.4 is 0 Å². The van der Waals surface area contributed by atoms with Crippen molar-refractivity contribution in [2.75, 3.05) is 0 Å². The zero-order valence-corrected chi connectivity index (χ0v) is 30.7. The average molecular weight is 710 g/mol. The molecule has 0 amide bonds. The molecule has 56 heavy (non-hydrogen) atoms. The second-order valence-corrected chi connectivity index (χ2v) is 14.8. The van der Waals surface area contributed by atoms with Gasteiger partial charge in [0.05, 0.1) is 5.69 Å². The third-order valence-corrected chi connectivity index (χ3v) is 11.4. The van der Waals surface area contributed by atoms with Gasteiger partial charge in [-0.3, -0.25) is 4.98 Å². The molecular weight excluding hydrogens is 675 g/mol. The van der Waals surface area contributed by atoms with Gasteiger partial charge >= 0.3 is 0 Å². The first-order valence-electron chi connectivity index (χ1n) is 19.3. The normalized spacial score (nSPS) is 11.6. The molecule has 1 aromatic heterocycles. The lowest BCUT2D eigenvalue weighted by atomic mass is 9.89. The Morgan fingerprint density at radius 2 is 0.625 bits per heavy atom. The van der Waals surface area contributed by atoms with E-state index in [0.29, 0.717) is 0 Å². The molecular formula is C55H35N. The van der Waals surface area contributed by atoms with Crippen molar-refractivity contribution in [2.24, 2.45) is 0 Å². The Morgan fingerprint density at radius 1 is 0.232 bits per heavy atom. The van der Waals surface area contributed by atoms with Crippen molar-refractivity contribution in [3.63, 3.8) is 0 Å². The molecule has 1 heteroatoms.